The first-order chi connectivity index (χ1) is 12.5. The number of nitrogens with zero attached hydrogens (tertiary/aromatic N) is 5. The molecule has 1 aliphatic rings. The van der Waals surface area contributed by atoms with E-state index in [1.54, 1.807) is 28.9 Å². The predicted octanol–water partition coefficient (Wildman–Crippen LogP) is 2.28. The molecule has 1 aliphatic heterocycles. The summed E-state index contributed by atoms with van der Waals surface area (Å²) in [5.41, 5.74) is 1.60. The number of hydrogen-bond acceptors (Lipinski definition) is 5. The highest BCUT2D eigenvalue weighted by Crippen LogP contribution is 2.33. The Morgan fingerprint density at radius 1 is 1.23 bits per heavy atom. The molecule has 0 saturated carbocycles. The summed E-state index contributed by atoms with van der Waals surface area (Å²) in [5.74, 6) is 0.316. The molecule has 1 amide bonds. The van der Waals surface area contributed by atoms with Crippen LogP contribution in [0.4, 0.5) is 10.2 Å². The van der Waals surface area contributed by atoms with Crippen molar-refractivity contribution < 1.29 is 9.18 Å². The molecule has 0 spiro atoms. The zero-order valence-corrected chi connectivity index (χ0v) is 14.6. The molecule has 0 radical (unpaired) electrons. The van der Waals surface area contributed by atoms with E-state index in [2.05, 4.69) is 20.4 Å². The van der Waals surface area contributed by atoms with Crippen LogP contribution in [0.5, 0.6) is 0 Å². The first-order valence-corrected chi connectivity index (χ1v) is 8.45. The second-order valence-electron chi connectivity index (χ2n) is 6.50. The zero-order chi connectivity index (χ0) is 18.3. The van der Waals surface area contributed by atoms with E-state index in [1.165, 1.54) is 18.5 Å². The Hall–Kier alpha value is -3.03. The second kappa shape index (κ2) is 6.36. The van der Waals surface area contributed by atoms with E-state index in [1.807, 2.05) is 13.1 Å². The van der Waals surface area contributed by atoms with E-state index in [9.17, 15) is 9.18 Å². The fourth-order valence-corrected chi connectivity index (χ4v) is 3.59. The smallest absolute Gasteiger partial charge is 0.223 e. The van der Waals surface area contributed by atoms with Gasteiger partial charge in [0, 0.05) is 32.1 Å². The van der Waals surface area contributed by atoms with Gasteiger partial charge in [0.1, 0.15) is 18.0 Å². The van der Waals surface area contributed by atoms with Crippen molar-refractivity contribution >= 4 is 22.6 Å². The van der Waals surface area contributed by atoms with Crippen LogP contribution in [-0.4, -0.2) is 43.6 Å². The van der Waals surface area contributed by atoms with Gasteiger partial charge in [-0.1, -0.05) is 0 Å². The van der Waals surface area contributed by atoms with Gasteiger partial charge >= 0.3 is 0 Å². The molecule has 0 aliphatic carbocycles. The Bertz CT molecular complexity index is 971. The Morgan fingerprint density at radius 2 is 2.08 bits per heavy atom. The monoisotopic (exact) mass is 354 g/mol. The molecule has 0 bridgehead atoms. The number of carbonyl (C=O) groups excluding carboxylic acids is 1. The summed E-state index contributed by atoms with van der Waals surface area (Å²) in [7, 11) is 3.65. The number of carbonyl (C=O) groups is 1. The van der Waals surface area contributed by atoms with Crippen LogP contribution in [0.15, 0.2) is 36.8 Å². The number of halogens is 1. The number of aryl methyl sites for hydroxylation is 1. The molecule has 8 heteroatoms. The van der Waals surface area contributed by atoms with Gasteiger partial charge in [0.2, 0.25) is 5.91 Å². The summed E-state index contributed by atoms with van der Waals surface area (Å²) in [6.07, 6.45) is 4.27. The summed E-state index contributed by atoms with van der Waals surface area (Å²) in [5, 5.41) is 8.27. The van der Waals surface area contributed by atoms with Crippen molar-refractivity contribution in [2.24, 2.45) is 7.05 Å². The first kappa shape index (κ1) is 16.4. The van der Waals surface area contributed by atoms with Crippen molar-refractivity contribution in [2.45, 2.75) is 24.9 Å². The second-order valence-corrected chi connectivity index (χ2v) is 6.50. The molecule has 134 valence electrons. The average molecular weight is 354 g/mol. The standard InChI is InChI=1S/C18H19FN6O/c1-24-16(26)6-5-14(17(24)15-7-8-22-25(15)2)23-18-12-9-11(19)3-4-13(12)20-10-21-18/h3-4,7-10,14,17H,5-6H2,1-2H3,(H,20,21,23)/t14-,17-/m1/s1. The van der Waals surface area contributed by atoms with Crippen LogP contribution >= 0.6 is 0 Å². The predicted molar refractivity (Wildman–Crippen MR) is 94.9 cm³/mol. The Kier molecular flexibility index (Phi) is 4.02. The molecule has 4 rings (SSSR count). The van der Waals surface area contributed by atoms with Gasteiger partial charge in [0.15, 0.2) is 0 Å². The fraction of sp³-hybridized carbons (Fsp3) is 0.333. The van der Waals surface area contributed by atoms with E-state index >= 15 is 0 Å². The number of rotatable bonds is 3. The molecule has 26 heavy (non-hydrogen) atoms. The number of nitrogens with one attached hydrogen (secondary N) is 1. The number of aromatic nitrogens is 4. The Balaban J connectivity index is 1.73. The van der Waals surface area contributed by atoms with Crippen molar-refractivity contribution in [1.29, 1.82) is 0 Å². The lowest BCUT2D eigenvalue weighted by Gasteiger charge is -2.39. The number of anilines is 1. The third kappa shape index (κ3) is 2.77. The van der Waals surface area contributed by atoms with Crippen LogP contribution in [0, 0.1) is 5.82 Å². The summed E-state index contributed by atoms with van der Waals surface area (Å²) < 4.78 is 15.5. The van der Waals surface area contributed by atoms with E-state index in [-0.39, 0.29) is 23.8 Å². The lowest BCUT2D eigenvalue weighted by atomic mass is 9.93. The van der Waals surface area contributed by atoms with Crippen LogP contribution in [-0.2, 0) is 11.8 Å². The minimum atomic E-state index is -0.338. The van der Waals surface area contributed by atoms with Crippen LogP contribution < -0.4 is 5.32 Å². The molecule has 1 N–H and O–H groups in total. The molecule has 3 heterocycles. The third-order valence-electron chi connectivity index (χ3n) is 4.94. The highest BCUT2D eigenvalue weighted by molar-refractivity contribution is 5.89. The zero-order valence-electron chi connectivity index (χ0n) is 14.6. The van der Waals surface area contributed by atoms with Gasteiger partial charge in [0.25, 0.3) is 0 Å². The number of likely N-dealkylation sites (N-methyl/N-ethyl adjacent to an activating group) is 1. The van der Waals surface area contributed by atoms with Gasteiger partial charge in [0.05, 0.1) is 23.3 Å². The number of hydrogen-bond donors (Lipinski definition) is 1. The van der Waals surface area contributed by atoms with Crippen molar-refractivity contribution in [2.75, 3.05) is 12.4 Å². The van der Waals surface area contributed by atoms with Crippen LogP contribution in [0.1, 0.15) is 24.6 Å². The van der Waals surface area contributed by atoms with Crippen LogP contribution in [0.25, 0.3) is 10.9 Å². The maximum absolute atomic E-state index is 13.7. The fourth-order valence-electron chi connectivity index (χ4n) is 3.59. The van der Waals surface area contributed by atoms with Gasteiger partial charge in [-0.25, -0.2) is 14.4 Å². The highest BCUT2D eigenvalue weighted by Gasteiger charge is 2.36. The Morgan fingerprint density at radius 3 is 2.85 bits per heavy atom. The molecular formula is C18H19FN6O. The number of piperidine rings is 1. The van der Waals surface area contributed by atoms with Gasteiger partial charge in [-0.05, 0) is 30.7 Å². The van der Waals surface area contributed by atoms with Crippen LogP contribution in [0.2, 0.25) is 0 Å². The van der Waals surface area contributed by atoms with Gasteiger partial charge in [-0.2, -0.15) is 5.10 Å². The van der Waals surface area contributed by atoms with Crippen molar-refractivity contribution in [1.82, 2.24) is 24.6 Å². The molecule has 2 aromatic heterocycles. The van der Waals surface area contributed by atoms with Crippen molar-refractivity contribution in [3.8, 4) is 0 Å². The van der Waals surface area contributed by atoms with E-state index in [0.717, 1.165) is 5.69 Å². The summed E-state index contributed by atoms with van der Waals surface area (Å²) in [4.78, 5) is 22.5. The molecule has 1 saturated heterocycles. The van der Waals surface area contributed by atoms with Gasteiger partial charge < -0.3 is 10.2 Å². The Labute approximate surface area is 149 Å². The molecule has 1 fully saturated rings. The largest absolute Gasteiger partial charge is 0.364 e. The molecule has 3 aromatic rings. The van der Waals surface area contributed by atoms with Crippen molar-refractivity contribution in [3.05, 3.63) is 48.3 Å². The molecule has 7 nitrogen and oxygen atoms in total. The van der Waals surface area contributed by atoms with Crippen molar-refractivity contribution in [3.63, 3.8) is 0 Å². The molecule has 1 aromatic carbocycles. The SMILES string of the molecule is CN1C(=O)CC[C@@H](Nc2ncnc3ccc(F)cc23)[C@@H]1c1ccnn1C. The van der Waals surface area contributed by atoms with Crippen LogP contribution in [0.3, 0.4) is 0 Å². The minimum absolute atomic E-state index is 0.0746. The maximum atomic E-state index is 13.7. The lowest BCUT2D eigenvalue weighted by molar-refractivity contribution is -0.135. The topological polar surface area (TPSA) is 75.9 Å². The molecule has 2 atom stereocenters. The van der Waals surface area contributed by atoms with E-state index < -0.39 is 0 Å². The normalized spacial score (nSPS) is 20.6. The lowest BCUT2D eigenvalue weighted by Crippen LogP contribution is -2.47. The first-order valence-electron chi connectivity index (χ1n) is 8.45. The number of fused-ring (bicyclic) bond motifs is 1. The molecule has 0 unspecified atom stereocenters. The van der Waals surface area contributed by atoms with Gasteiger partial charge in [-0.3, -0.25) is 9.48 Å². The summed E-state index contributed by atoms with van der Waals surface area (Å²) in [6, 6.07) is 6.08. The quantitative estimate of drug-likeness (QED) is 0.781. The maximum Gasteiger partial charge on any atom is 0.223 e. The van der Waals surface area contributed by atoms with E-state index in [0.29, 0.717) is 29.6 Å². The minimum Gasteiger partial charge on any atom is -0.364 e. The highest BCUT2D eigenvalue weighted by atomic mass is 19.1. The van der Waals surface area contributed by atoms with E-state index in [4.69, 9.17) is 0 Å². The summed E-state index contributed by atoms with van der Waals surface area (Å²) >= 11 is 0. The number of benzene rings is 1. The third-order valence-corrected chi connectivity index (χ3v) is 4.94. The number of likely N-dealkylation sites (tertiary alicyclic amines) is 1. The van der Waals surface area contributed by atoms with Gasteiger partial charge in [-0.15, -0.1) is 0 Å². The summed E-state index contributed by atoms with van der Waals surface area (Å²) in [6.45, 7) is 0. The molecular weight excluding hydrogens is 335 g/mol. The number of amides is 1. The average Bonchev–Trinajstić information content (AvgIpc) is 3.04.